The lowest BCUT2D eigenvalue weighted by Gasteiger charge is -2.23. The fourth-order valence-electron chi connectivity index (χ4n) is 3.30. The Kier molecular flexibility index (Phi) is 3.81. The molecule has 1 aromatic heterocycles. The van der Waals surface area contributed by atoms with Crippen molar-refractivity contribution in [1.29, 1.82) is 0 Å². The van der Waals surface area contributed by atoms with Crippen molar-refractivity contribution in [2.75, 3.05) is 19.8 Å². The molecule has 3 heterocycles. The van der Waals surface area contributed by atoms with E-state index in [-0.39, 0.29) is 5.92 Å². The maximum absolute atomic E-state index is 5.70. The molecular formula is C17H20N2O3. The molecule has 0 bridgehead atoms. The Balaban J connectivity index is 1.52. The van der Waals surface area contributed by atoms with Crippen molar-refractivity contribution in [3.05, 3.63) is 41.5 Å². The molecule has 0 aliphatic carbocycles. The zero-order chi connectivity index (χ0) is 14.8. The maximum atomic E-state index is 5.70. The normalized spacial score (nSPS) is 22.1. The van der Waals surface area contributed by atoms with E-state index in [9.17, 15) is 0 Å². The van der Waals surface area contributed by atoms with Crippen molar-refractivity contribution in [2.45, 2.75) is 31.6 Å². The van der Waals surface area contributed by atoms with Crippen molar-refractivity contribution in [2.24, 2.45) is 5.92 Å². The van der Waals surface area contributed by atoms with Crippen LogP contribution >= 0.6 is 0 Å². The van der Waals surface area contributed by atoms with Crippen LogP contribution in [0, 0.1) is 5.92 Å². The van der Waals surface area contributed by atoms with Crippen LogP contribution in [0.1, 0.15) is 42.5 Å². The third-order valence-electron chi connectivity index (χ3n) is 4.56. The molecule has 22 heavy (non-hydrogen) atoms. The van der Waals surface area contributed by atoms with Crippen LogP contribution in [0.4, 0.5) is 0 Å². The lowest BCUT2D eigenvalue weighted by atomic mass is 9.92. The zero-order valence-corrected chi connectivity index (χ0v) is 12.5. The van der Waals surface area contributed by atoms with Gasteiger partial charge in [0.25, 0.3) is 0 Å². The number of ether oxygens (including phenoxy) is 2. The van der Waals surface area contributed by atoms with Gasteiger partial charge in [0.1, 0.15) is 5.75 Å². The molecule has 1 atom stereocenters. The van der Waals surface area contributed by atoms with Crippen molar-refractivity contribution in [3.8, 4) is 5.75 Å². The fourth-order valence-corrected chi connectivity index (χ4v) is 3.30. The second kappa shape index (κ2) is 6.08. The van der Waals surface area contributed by atoms with Crippen LogP contribution in [-0.2, 0) is 11.2 Å². The molecule has 4 rings (SSSR count). The topological polar surface area (TPSA) is 57.4 Å². The van der Waals surface area contributed by atoms with Crippen molar-refractivity contribution >= 4 is 0 Å². The number of hydrogen-bond donors (Lipinski definition) is 0. The highest BCUT2D eigenvalue weighted by atomic mass is 16.5. The minimum absolute atomic E-state index is 0.178. The first-order valence-corrected chi connectivity index (χ1v) is 8.02. The predicted molar refractivity (Wildman–Crippen MR) is 79.9 cm³/mol. The first kappa shape index (κ1) is 13.8. The van der Waals surface area contributed by atoms with Crippen LogP contribution in [0.3, 0.4) is 0 Å². The molecule has 1 saturated heterocycles. The number of rotatable bonds is 3. The smallest absolute Gasteiger partial charge is 0.226 e. The van der Waals surface area contributed by atoms with Crippen LogP contribution in [0.25, 0.3) is 0 Å². The second-order valence-corrected chi connectivity index (χ2v) is 6.03. The van der Waals surface area contributed by atoms with Gasteiger partial charge in [0.2, 0.25) is 5.89 Å². The molecule has 0 radical (unpaired) electrons. The van der Waals surface area contributed by atoms with E-state index < -0.39 is 0 Å². The third-order valence-corrected chi connectivity index (χ3v) is 4.56. The lowest BCUT2D eigenvalue weighted by Crippen LogP contribution is -2.18. The van der Waals surface area contributed by atoms with Gasteiger partial charge in [-0.15, -0.1) is 0 Å². The van der Waals surface area contributed by atoms with Crippen LogP contribution in [0.15, 0.2) is 28.8 Å². The summed E-state index contributed by atoms with van der Waals surface area (Å²) in [5.74, 6) is 3.26. The van der Waals surface area contributed by atoms with Gasteiger partial charge in [-0.25, -0.2) is 0 Å². The summed E-state index contributed by atoms with van der Waals surface area (Å²) in [4.78, 5) is 4.65. The van der Waals surface area contributed by atoms with Gasteiger partial charge in [0.15, 0.2) is 5.82 Å². The molecule has 1 aromatic carbocycles. The molecule has 1 unspecified atom stereocenters. The Morgan fingerprint density at radius 1 is 1.05 bits per heavy atom. The van der Waals surface area contributed by atoms with Gasteiger partial charge < -0.3 is 14.0 Å². The van der Waals surface area contributed by atoms with Crippen LogP contribution in [0.5, 0.6) is 5.75 Å². The minimum Gasteiger partial charge on any atom is -0.493 e. The number of hydrogen-bond acceptors (Lipinski definition) is 5. The summed E-state index contributed by atoms with van der Waals surface area (Å²) in [5.41, 5.74) is 1.16. The molecule has 0 spiro atoms. The summed E-state index contributed by atoms with van der Waals surface area (Å²) in [6.07, 6.45) is 3.92. The average Bonchev–Trinajstić information content (AvgIpc) is 3.03. The minimum atomic E-state index is 0.178. The molecular weight excluding hydrogens is 280 g/mol. The Bertz CT molecular complexity index is 634. The van der Waals surface area contributed by atoms with Gasteiger partial charge in [-0.2, -0.15) is 4.98 Å². The van der Waals surface area contributed by atoms with Crippen LogP contribution in [0.2, 0.25) is 0 Å². The number of para-hydroxylation sites is 1. The zero-order valence-electron chi connectivity index (χ0n) is 12.5. The molecule has 0 N–H and O–H groups in total. The molecule has 0 amide bonds. The molecule has 5 nitrogen and oxygen atoms in total. The summed E-state index contributed by atoms with van der Waals surface area (Å²) in [5, 5.41) is 4.23. The molecule has 1 fully saturated rings. The summed E-state index contributed by atoms with van der Waals surface area (Å²) in [6.45, 7) is 2.39. The highest BCUT2D eigenvalue weighted by Gasteiger charge is 2.27. The number of fused-ring (bicyclic) bond motifs is 1. The van der Waals surface area contributed by atoms with Crippen molar-refractivity contribution in [1.82, 2.24) is 10.1 Å². The van der Waals surface area contributed by atoms with Gasteiger partial charge in [-0.3, -0.25) is 0 Å². The van der Waals surface area contributed by atoms with Crippen molar-refractivity contribution in [3.63, 3.8) is 0 Å². The predicted octanol–water partition coefficient (Wildman–Crippen LogP) is 2.95. The maximum Gasteiger partial charge on any atom is 0.226 e. The number of aromatic nitrogens is 2. The van der Waals surface area contributed by atoms with Crippen LogP contribution in [-0.4, -0.2) is 30.0 Å². The van der Waals surface area contributed by atoms with E-state index in [2.05, 4.69) is 16.2 Å². The van der Waals surface area contributed by atoms with E-state index in [0.29, 0.717) is 12.5 Å². The Morgan fingerprint density at radius 2 is 1.91 bits per heavy atom. The SMILES string of the molecule is c1ccc2c(c1)OCCC2c1noc(CC2CCOCC2)n1. The molecule has 0 saturated carbocycles. The molecule has 5 heteroatoms. The van der Waals surface area contributed by atoms with E-state index >= 15 is 0 Å². The highest BCUT2D eigenvalue weighted by Crippen LogP contribution is 2.36. The second-order valence-electron chi connectivity index (χ2n) is 6.03. The fraction of sp³-hybridized carbons (Fsp3) is 0.529. The summed E-state index contributed by atoms with van der Waals surface area (Å²) in [6, 6.07) is 8.12. The van der Waals surface area contributed by atoms with E-state index in [1.54, 1.807) is 0 Å². The van der Waals surface area contributed by atoms with Gasteiger partial charge in [-0.05, 0) is 31.2 Å². The lowest BCUT2D eigenvalue weighted by molar-refractivity contribution is 0.0642. The van der Waals surface area contributed by atoms with E-state index in [4.69, 9.17) is 14.0 Å². The van der Waals surface area contributed by atoms with E-state index in [1.807, 2.05) is 18.2 Å². The van der Waals surface area contributed by atoms with E-state index in [1.165, 1.54) is 0 Å². The first-order valence-electron chi connectivity index (χ1n) is 8.02. The average molecular weight is 300 g/mol. The van der Waals surface area contributed by atoms with E-state index in [0.717, 1.165) is 61.9 Å². The van der Waals surface area contributed by atoms with Gasteiger partial charge in [0.05, 0.1) is 12.5 Å². The first-order chi connectivity index (χ1) is 10.9. The number of benzene rings is 1. The van der Waals surface area contributed by atoms with Gasteiger partial charge in [-0.1, -0.05) is 23.4 Å². The Labute approximate surface area is 129 Å². The number of nitrogens with zero attached hydrogens (tertiary/aromatic N) is 2. The summed E-state index contributed by atoms with van der Waals surface area (Å²) in [7, 11) is 0. The third kappa shape index (κ3) is 2.73. The quantitative estimate of drug-likeness (QED) is 0.872. The largest absolute Gasteiger partial charge is 0.493 e. The Morgan fingerprint density at radius 3 is 2.82 bits per heavy atom. The summed E-state index contributed by atoms with van der Waals surface area (Å²) >= 11 is 0. The van der Waals surface area contributed by atoms with Crippen molar-refractivity contribution < 1.29 is 14.0 Å². The van der Waals surface area contributed by atoms with Gasteiger partial charge >= 0.3 is 0 Å². The highest BCUT2D eigenvalue weighted by molar-refractivity contribution is 5.40. The molecule has 2 aromatic rings. The standard InChI is InChI=1S/C17H20N2O3/c1-2-4-15-13(3-1)14(7-10-21-15)17-18-16(22-19-17)11-12-5-8-20-9-6-12/h1-4,12,14H,5-11H2. The Hall–Kier alpha value is -1.88. The summed E-state index contributed by atoms with van der Waals surface area (Å²) < 4.78 is 16.6. The molecule has 116 valence electrons. The monoisotopic (exact) mass is 300 g/mol. The molecule has 2 aliphatic heterocycles. The van der Waals surface area contributed by atoms with Crippen LogP contribution < -0.4 is 4.74 Å². The van der Waals surface area contributed by atoms with Gasteiger partial charge in [0, 0.05) is 25.2 Å². The molecule has 2 aliphatic rings.